The van der Waals surface area contributed by atoms with Crippen LogP contribution in [0.15, 0.2) is 29.8 Å². The number of ether oxygens (including phenoxy) is 1. The summed E-state index contributed by atoms with van der Waals surface area (Å²) in [5.41, 5.74) is 4.32. The first-order valence-electron chi connectivity index (χ1n) is 13.0. The summed E-state index contributed by atoms with van der Waals surface area (Å²) in [5.74, 6) is -0.336. The van der Waals surface area contributed by atoms with Crippen molar-refractivity contribution < 1.29 is 24.2 Å². The van der Waals surface area contributed by atoms with E-state index in [2.05, 4.69) is 4.98 Å². The highest BCUT2D eigenvalue weighted by Crippen LogP contribution is 2.29. The molecule has 2 amide bonds. The third-order valence-electron chi connectivity index (χ3n) is 6.97. The van der Waals surface area contributed by atoms with Gasteiger partial charge in [0.15, 0.2) is 5.78 Å². The molecule has 1 aromatic carbocycles. The number of aryl methyl sites for hydroxylation is 2. The molecule has 9 heteroatoms. The lowest BCUT2D eigenvalue weighted by molar-refractivity contribution is -0.143. The van der Waals surface area contributed by atoms with Gasteiger partial charge in [0.2, 0.25) is 5.91 Å². The van der Waals surface area contributed by atoms with Crippen molar-refractivity contribution in [3.63, 3.8) is 0 Å². The summed E-state index contributed by atoms with van der Waals surface area (Å²) in [6.45, 7) is 7.93. The Balaban J connectivity index is 1.40. The second-order valence-electron chi connectivity index (χ2n) is 11.0. The lowest BCUT2D eigenvalue weighted by Gasteiger charge is -2.38. The monoisotopic (exact) mass is 527 g/mol. The van der Waals surface area contributed by atoms with Gasteiger partial charge in [0, 0.05) is 25.9 Å². The van der Waals surface area contributed by atoms with Crippen LogP contribution < -0.4 is 0 Å². The zero-order valence-corrected chi connectivity index (χ0v) is 22.9. The van der Waals surface area contributed by atoms with Gasteiger partial charge >= 0.3 is 6.09 Å². The number of likely N-dealkylation sites (tertiary alicyclic amines) is 2. The van der Waals surface area contributed by atoms with Crippen molar-refractivity contribution in [1.82, 2.24) is 14.8 Å². The zero-order chi connectivity index (χ0) is 26.7. The minimum Gasteiger partial charge on any atom is -0.444 e. The van der Waals surface area contributed by atoms with Crippen LogP contribution in [0.2, 0.25) is 0 Å². The Bertz CT molecular complexity index is 1120. The number of hydrogen-bond donors (Lipinski definition) is 1. The number of amides is 2. The normalized spacial score (nSPS) is 22.2. The summed E-state index contributed by atoms with van der Waals surface area (Å²) in [6, 6.07) is 6.79. The van der Waals surface area contributed by atoms with Gasteiger partial charge in [-0.2, -0.15) is 0 Å². The van der Waals surface area contributed by atoms with Crippen LogP contribution in [0.5, 0.6) is 0 Å². The van der Waals surface area contributed by atoms with Gasteiger partial charge in [-0.15, -0.1) is 11.3 Å². The first kappa shape index (κ1) is 27.3. The van der Waals surface area contributed by atoms with Crippen LogP contribution in [0.4, 0.5) is 4.79 Å². The lowest BCUT2D eigenvalue weighted by atomic mass is 9.98. The Kier molecular flexibility index (Phi) is 8.33. The average molecular weight is 528 g/mol. The molecule has 2 saturated heterocycles. The number of Topliss-reactive ketones (excluding diaryl/α,β-unsaturated/α-hetero) is 1. The number of aliphatic hydroxyl groups is 1. The van der Waals surface area contributed by atoms with E-state index >= 15 is 0 Å². The maximum atomic E-state index is 13.6. The van der Waals surface area contributed by atoms with Crippen molar-refractivity contribution in [2.45, 2.75) is 90.0 Å². The first-order chi connectivity index (χ1) is 17.5. The molecular formula is C28H37N3O5S. The summed E-state index contributed by atoms with van der Waals surface area (Å²) < 4.78 is 5.54. The van der Waals surface area contributed by atoms with E-state index in [1.165, 1.54) is 9.80 Å². The minimum atomic E-state index is -0.751. The van der Waals surface area contributed by atoms with Gasteiger partial charge in [0.1, 0.15) is 11.6 Å². The molecule has 3 heterocycles. The molecule has 2 aliphatic heterocycles. The highest BCUT2D eigenvalue weighted by molar-refractivity contribution is 7.13. The maximum Gasteiger partial charge on any atom is 0.410 e. The molecule has 1 aromatic heterocycles. The predicted molar refractivity (Wildman–Crippen MR) is 142 cm³/mol. The number of benzene rings is 1. The van der Waals surface area contributed by atoms with E-state index in [1.54, 1.807) is 32.1 Å². The van der Waals surface area contributed by atoms with E-state index in [9.17, 15) is 19.5 Å². The molecule has 37 heavy (non-hydrogen) atoms. The third kappa shape index (κ3) is 6.57. The van der Waals surface area contributed by atoms with Crippen LogP contribution in [-0.4, -0.2) is 74.6 Å². The number of carbonyl (C=O) groups is 3. The van der Waals surface area contributed by atoms with E-state index < -0.39 is 29.9 Å². The highest BCUT2D eigenvalue weighted by atomic mass is 32.1. The predicted octanol–water partition coefficient (Wildman–Crippen LogP) is 4.37. The van der Waals surface area contributed by atoms with Gasteiger partial charge in [0.05, 0.1) is 28.2 Å². The minimum absolute atomic E-state index is 0.0631. The van der Waals surface area contributed by atoms with Gasteiger partial charge in [0.25, 0.3) is 0 Å². The van der Waals surface area contributed by atoms with Crippen LogP contribution in [0.1, 0.15) is 64.1 Å². The van der Waals surface area contributed by atoms with Crippen LogP contribution in [-0.2, 0) is 20.7 Å². The van der Waals surface area contributed by atoms with E-state index in [4.69, 9.17) is 4.74 Å². The number of ketones is 1. The first-order valence-corrected chi connectivity index (χ1v) is 13.9. The Hall–Kier alpha value is -2.78. The number of nitrogens with zero attached hydrogens (tertiary/aromatic N) is 3. The average Bonchev–Trinajstić information content (AvgIpc) is 3.46. The Labute approximate surface area is 222 Å². The Morgan fingerprint density at radius 2 is 1.84 bits per heavy atom. The zero-order valence-electron chi connectivity index (χ0n) is 22.1. The smallest absolute Gasteiger partial charge is 0.410 e. The SMILES string of the molecule is Cc1ncsc1-c1ccc(CCC(=O)[C@@H]2C[C@@H](O)CN2C(=O)[C@@H]2CCCCN2C(=O)OC(C)(C)C)cc1. The molecule has 0 bridgehead atoms. The Morgan fingerprint density at radius 1 is 1.11 bits per heavy atom. The maximum absolute atomic E-state index is 13.6. The molecular weight excluding hydrogens is 490 g/mol. The number of hydrogen-bond acceptors (Lipinski definition) is 7. The van der Waals surface area contributed by atoms with Crippen LogP contribution in [0, 0.1) is 6.92 Å². The van der Waals surface area contributed by atoms with E-state index in [0.717, 1.165) is 34.5 Å². The van der Waals surface area contributed by atoms with Crippen molar-refractivity contribution >= 4 is 29.1 Å². The molecule has 0 unspecified atom stereocenters. The summed E-state index contributed by atoms with van der Waals surface area (Å²) >= 11 is 1.60. The summed E-state index contributed by atoms with van der Waals surface area (Å²) in [6.07, 6.45) is 1.95. The van der Waals surface area contributed by atoms with Crippen LogP contribution in [0.25, 0.3) is 10.4 Å². The second-order valence-corrected chi connectivity index (χ2v) is 11.9. The summed E-state index contributed by atoms with van der Waals surface area (Å²) in [5, 5.41) is 10.4. The number of rotatable bonds is 6. The van der Waals surface area contributed by atoms with E-state index in [1.807, 2.05) is 36.7 Å². The standard InChI is InChI=1S/C28H37N3O5S/c1-18-25(37-17-29-18)20-11-8-19(9-12-20)10-13-24(33)23-15-21(32)16-31(23)26(34)22-7-5-6-14-30(22)27(35)36-28(2,3)4/h8-9,11-12,17,21-23,32H,5-7,10,13-16H2,1-4H3/t21-,22+,23+/m1/s1. The second kappa shape index (κ2) is 11.3. The molecule has 0 saturated carbocycles. The van der Waals surface area contributed by atoms with Gasteiger partial charge in [-0.1, -0.05) is 24.3 Å². The molecule has 2 aliphatic rings. The summed E-state index contributed by atoms with van der Waals surface area (Å²) in [4.78, 5) is 48.1. The fourth-order valence-corrected chi connectivity index (χ4v) is 5.93. The van der Waals surface area contributed by atoms with Crippen molar-refractivity contribution in [2.24, 2.45) is 0 Å². The highest BCUT2D eigenvalue weighted by Gasteiger charge is 2.44. The molecule has 200 valence electrons. The van der Waals surface area contributed by atoms with Crippen LogP contribution in [0.3, 0.4) is 0 Å². The lowest BCUT2D eigenvalue weighted by Crippen LogP contribution is -2.55. The van der Waals surface area contributed by atoms with Gasteiger partial charge in [-0.25, -0.2) is 9.78 Å². The summed E-state index contributed by atoms with van der Waals surface area (Å²) in [7, 11) is 0. The molecule has 1 N–H and O–H groups in total. The molecule has 0 radical (unpaired) electrons. The topological polar surface area (TPSA) is 100 Å². The largest absolute Gasteiger partial charge is 0.444 e. The van der Waals surface area contributed by atoms with Crippen molar-refractivity contribution in [2.75, 3.05) is 13.1 Å². The molecule has 2 aromatic rings. The molecule has 0 spiro atoms. The number of piperidine rings is 1. The van der Waals surface area contributed by atoms with Crippen molar-refractivity contribution in [3.05, 3.63) is 41.0 Å². The van der Waals surface area contributed by atoms with Crippen molar-refractivity contribution in [3.8, 4) is 10.4 Å². The third-order valence-corrected chi connectivity index (χ3v) is 7.95. The van der Waals surface area contributed by atoms with Crippen LogP contribution >= 0.6 is 11.3 Å². The molecule has 3 atom stereocenters. The fourth-order valence-electron chi connectivity index (χ4n) is 5.12. The number of aliphatic hydroxyl groups excluding tert-OH is 1. The van der Waals surface area contributed by atoms with Gasteiger partial charge < -0.3 is 14.7 Å². The quantitative estimate of drug-likeness (QED) is 0.599. The number of aromatic nitrogens is 1. The van der Waals surface area contributed by atoms with E-state index in [0.29, 0.717) is 19.4 Å². The number of β-amino-alcohol motifs (C(OH)–C–C–N with tert-alkyl or cyclic N) is 1. The molecule has 4 rings (SSSR count). The number of carbonyl (C=O) groups excluding carboxylic acids is 3. The van der Waals surface area contributed by atoms with Crippen molar-refractivity contribution in [1.29, 1.82) is 0 Å². The molecule has 8 nitrogen and oxygen atoms in total. The molecule has 2 fully saturated rings. The Morgan fingerprint density at radius 3 is 2.49 bits per heavy atom. The number of thiazole rings is 1. The fraction of sp³-hybridized carbons (Fsp3) is 0.571. The van der Waals surface area contributed by atoms with E-state index in [-0.39, 0.29) is 31.1 Å². The molecule has 0 aliphatic carbocycles. The van der Waals surface area contributed by atoms with Gasteiger partial charge in [-0.3, -0.25) is 14.5 Å². The van der Waals surface area contributed by atoms with Gasteiger partial charge in [-0.05, 0) is 64.5 Å².